The van der Waals surface area contributed by atoms with Crippen molar-refractivity contribution >= 4 is 17.3 Å². The van der Waals surface area contributed by atoms with E-state index < -0.39 is 4.92 Å². The van der Waals surface area contributed by atoms with Crippen molar-refractivity contribution in [1.82, 2.24) is 4.98 Å². The summed E-state index contributed by atoms with van der Waals surface area (Å²) in [5, 5.41) is 11.0. The smallest absolute Gasteiger partial charge is 0.310 e. The van der Waals surface area contributed by atoms with E-state index in [1.807, 2.05) is 11.8 Å². The van der Waals surface area contributed by atoms with Gasteiger partial charge < -0.3 is 9.64 Å². The Morgan fingerprint density at radius 2 is 2.32 bits per heavy atom. The number of hydrogen-bond donors (Lipinski definition) is 0. The number of rotatable bonds is 3. The van der Waals surface area contributed by atoms with E-state index in [4.69, 9.17) is 4.74 Å². The number of methoxy groups -OCH3 is 1. The second-order valence-electron chi connectivity index (χ2n) is 4.63. The van der Waals surface area contributed by atoms with Crippen LogP contribution in [0.3, 0.4) is 0 Å². The van der Waals surface area contributed by atoms with E-state index in [0.29, 0.717) is 18.8 Å². The Morgan fingerprint density at radius 3 is 2.95 bits per heavy atom. The van der Waals surface area contributed by atoms with Crippen molar-refractivity contribution in [1.29, 1.82) is 0 Å². The number of esters is 1. The number of aromatic nitrogens is 1. The zero-order valence-electron chi connectivity index (χ0n) is 10.8. The van der Waals surface area contributed by atoms with E-state index in [-0.39, 0.29) is 23.5 Å². The third kappa shape index (κ3) is 2.49. The summed E-state index contributed by atoms with van der Waals surface area (Å²) < 4.78 is 4.75. The Balaban J connectivity index is 2.25. The number of anilines is 1. The lowest BCUT2D eigenvalue weighted by atomic mass is 9.99. The molecule has 1 aliphatic rings. The maximum atomic E-state index is 11.6. The molecule has 1 aromatic rings. The van der Waals surface area contributed by atoms with Gasteiger partial charge in [0.05, 0.1) is 18.0 Å². The van der Waals surface area contributed by atoms with Gasteiger partial charge in [-0.2, -0.15) is 0 Å². The van der Waals surface area contributed by atoms with E-state index in [9.17, 15) is 14.9 Å². The highest BCUT2D eigenvalue weighted by atomic mass is 16.6. The minimum absolute atomic E-state index is 0.0415. The van der Waals surface area contributed by atoms with Gasteiger partial charge in [-0.3, -0.25) is 19.9 Å². The van der Waals surface area contributed by atoms with Gasteiger partial charge in [0, 0.05) is 19.3 Å². The molecule has 0 aromatic carbocycles. The molecule has 1 aliphatic heterocycles. The van der Waals surface area contributed by atoms with Crippen LogP contribution in [0.1, 0.15) is 6.92 Å². The van der Waals surface area contributed by atoms with E-state index in [0.717, 1.165) is 0 Å². The summed E-state index contributed by atoms with van der Waals surface area (Å²) in [6, 6.07) is 1.60. The largest absolute Gasteiger partial charge is 0.469 e. The Bertz CT molecular complexity index is 506. The SMILES string of the molecule is COC(=O)C1CN(c2ccncc2[N+](=O)[O-])CC1C. The minimum Gasteiger partial charge on any atom is -0.469 e. The van der Waals surface area contributed by atoms with Crippen molar-refractivity contribution in [2.24, 2.45) is 11.8 Å². The average molecular weight is 265 g/mol. The Morgan fingerprint density at radius 1 is 1.58 bits per heavy atom. The first-order valence-corrected chi connectivity index (χ1v) is 5.95. The molecule has 0 spiro atoms. The van der Waals surface area contributed by atoms with Gasteiger partial charge in [0.1, 0.15) is 11.9 Å². The van der Waals surface area contributed by atoms with Gasteiger partial charge in [0.25, 0.3) is 0 Å². The summed E-state index contributed by atoms with van der Waals surface area (Å²) in [7, 11) is 1.35. The molecule has 0 amide bonds. The normalized spacial score (nSPS) is 22.3. The molecule has 1 fully saturated rings. The minimum atomic E-state index is -0.460. The maximum absolute atomic E-state index is 11.6. The standard InChI is InChI=1S/C12H15N3O4/c1-8-6-14(7-9(8)12(16)19-2)10-3-4-13-5-11(10)15(17)18/h3-5,8-9H,6-7H2,1-2H3. The van der Waals surface area contributed by atoms with Crippen LogP contribution in [-0.2, 0) is 9.53 Å². The van der Waals surface area contributed by atoms with Crippen LogP contribution in [0.15, 0.2) is 18.5 Å². The molecule has 2 rings (SSSR count). The number of pyridine rings is 1. The molecular formula is C12H15N3O4. The first kappa shape index (κ1) is 13.3. The fraction of sp³-hybridized carbons (Fsp3) is 0.500. The predicted octanol–water partition coefficient (Wildman–Crippen LogP) is 1.24. The molecule has 2 heterocycles. The number of nitro groups is 1. The average Bonchev–Trinajstić information content (AvgIpc) is 2.79. The van der Waals surface area contributed by atoms with E-state index in [2.05, 4.69) is 4.98 Å². The molecule has 7 heteroatoms. The first-order chi connectivity index (χ1) is 9.04. The molecule has 0 bridgehead atoms. The molecule has 2 atom stereocenters. The molecule has 102 valence electrons. The zero-order chi connectivity index (χ0) is 14.0. The summed E-state index contributed by atoms with van der Waals surface area (Å²) in [5.41, 5.74) is 0.457. The summed E-state index contributed by atoms with van der Waals surface area (Å²) in [6.45, 7) is 2.96. The van der Waals surface area contributed by atoms with Crippen molar-refractivity contribution in [3.63, 3.8) is 0 Å². The molecule has 0 saturated carbocycles. The molecule has 1 aromatic heterocycles. The van der Waals surface area contributed by atoms with Gasteiger partial charge in [-0.05, 0) is 12.0 Å². The van der Waals surface area contributed by atoms with Crippen molar-refractivity contribution in [2.45, 2.75) is 6.92 Å². The highest BCUT2D eigenvalue weighted by Crippen LogP contribution is 2.33. The molecule has 0 radical (unpaired) electrons. The quantitative estimate of drug-likeness (QED) is 0.464. The topological polar surface area (TPSA) is 85.6 Å². The van der Waals surface area contributed by atoms with Crippen LogP contribution in [0, 0.1) is 22.0 Å². The Hall–Kier alpha value is -2.18. The number of ether oxygens (including phenoxy) is 1. The van der Waals surface area contributed by atoms with Crippen LogP contribution in [0.25, 0.3) is 0 Å². The van der Waals surface area contributed by atoms with E-state index in [1.54, 1.807) is 6.07 Å². The van der Waals surface area contributed by atoms with Crippen LogP contribution >= 0.6 is 0 Å². The number of nitrogens with zero attached hydrogens (tertiary/aromatic N) is 3. The van der Waals surface area contributed by atoms with Crippen LogP contribution < -0.4 is 4.90 Å². The zero-order valence-corrected chi connectivity index (χ0v) is 10.8. The van der Waals surface area contributed by atoms with Crippen molar-refractivity contribution in [2.75, 3.05) is 25.1 Å². The summed E-state index contributed by atoms with van der Waals surface area (Å²) >= 11 is 0. The fourth-order valence-corrected chi connectivity index (χ4v) is 2.41. The van der Waals surface area contributed by atoms with Gasteiger partial charge >= 0.3 is 11.7 Å². The highest BCUT2D eigenvalue weighted by Gasteiger charge is 2.37. The lowest BCUT2D eigenvalue weighted by molar-refractivity contribution is -0.384. The third-order valence-corrected chi connectivity index (χ3v) is 3.43. The first-order valence-electron chi connectivity index (χ1n) is 5.95. The Labute approximate surface area is 110 Å². The lowest BCUT2D eigenvalue weighted by Gasteiger charge is -2.17. The van der Waals surface area contributed by atoms with Gasteiger partial charge in [-0.1, -0.05) is 6.92 Å². The predicted molar refractivity (Wildman–Crippen MR) is 67.8 cm³/mol. The van der Waals surface area contributed by atoms with E-state index >= 15 is 0 Å². The fourth-order valence-electron chi connectivity index (χ4n) is 2.41. The molecule has 19 heavy (non-hydrogen) atoms. The van der Waals surface area contributed by atoms with Crippen molar-refractivity contribution in [3.8, 4) is 0 Å². The lowest BCUT2D eigenvalue weighted by Crippen LogP contribution is -2.24. The second kappa shape index (κ2) is 5.21. The van der Waals surface area contributed by atoms with Gasteiger partial charge in [-0.25, -0.2) is 0 Å². The molecular weight excluding hydrogens is 250 g/mol. The number of hydrogen-bond acceptors (Lipinski definition) is 6. The highest BCUT2D eigenvalue weighted by molar-refractivity contribution is 5.75. The van der Waals surface area contributed by atoms with Crippen LogP contribution in [0.5, 0.6) is 0 Å². The van der Waals surface area contributed by atoms with Gasteiger partial charge in [-0.15, -0.1) is 0 Å². The Kier molecular flexibility index (Phi) is 3.64. The van der Waals surface area contributed by atoms with Crippen LogP contribution in [0.2, 0.25) is 0 Å². The van der Waals surface area contributed by atoms with E-state index in [1.165, 1.54) is 19.5 Å². The second-order valence-corrected chi connectivity index (χ2v) is 4.63. The van der Waals surface area contributed by atoms with Gasteiger partial charge in [0.2, 0.25) is 0 Å². The van der Waals surface area contributed by atoms with Crippen molar-refractivity contribution in [3.05, 3.63) is 28.6 Å². The molecule has 0 aliphatic carbocycles. The van der Waals surface area contributed by atoms with Crippen molar-refractivity contribution < 1.29 is 14.5 Å². The van der Waals surface area contributed by atoms with Crippen LogP contribution in [-0.4, -0.2) is 36.1 Å². The summed E-state index contributed by atoms with van der Waals surface area (Å²) in [5.74, 6) is -0.426. The molecule has 2 unspecified atom stereocenters. The molecule has 1 saturated heterocycles. The molecule has 7 nitrogen and oxygen atoms in total. The summed E-state index contributed by atoms with van der Waals surface area (Å²) in [6.07, 6.45) is 2.74. The number of carbonyl (C=O) groups excluding carboxylic acids is 1. The van der Waals surface area contributed by atoms with Gasteiger partial charge in [0.15, 0.2) is 0 Å². The summed E-state index contributed by atoms with van der Waals surface area (Å²) in [4.78, 5) is 27.8. The maximum Gasteiger partial charge on any atom is 0.310 e. The van der Waals surface area contributed by atoms with Crippen LogP contribution in [0.4, 0.5) is 11.4 Å². The third-order valence-electron chi connectivity index (χ3n) is 3.43. The monoisotopic (exact) mass is 265 g/mol. The molecule has 0 N–H and O–H groups in total. The number of carbonyl (C=O) groups is 1.